The predicted octanol–water partition coefficient (Wildman–Crippen LogP) is 3.10. The third-order valence-corrected chi connectivity index (χ3v) is 5.09. The standard InChI is InChI=1S/C20H22ClF2N3O/c1-24-20(27)19-9-17(25-10-14-8-16(22)6-7-18(14)23)12-26(19)11-13-2-4-15(21)5-3-13/h2-8,17,19,25H,9-12H2,1H3,(H,24,27)/t17-,19-/m0/s1. The Morgan fingerprint density at radius 3 is 2.67 bits per heavy atom. The van der Waals surface area contributed by atoms with Gasteiger partial charge in [-0.15, -0.1) is 0 Å². The molecular weight excluding hydrogens is 372 g/mol. The predicted molar refractivity (Wildman–Crippen MR) is 101 cm³/mol. The minimum Gasteiger partial charge on any atom is -0.358 e. The molecule has 2 aromatic rings. The quantitative estimate of drug-likeness (QED) is 0.792. The number of hydrogen-bond acceptors (Lipinski definition) is 3. The number of hydrogen-bond donors (Lipinski definition) is 2. The molecule has 27 heavy (non-hydrogen) atoms. The Hall–Kier alpha value is -2.02. The van der Waals surface area contributed by atoms with E-state index in [0.717, 1.165) is 17.7 Å². The van der Waals surface area contributed by atoms with Gasteiger partial charge in [0.15, 0.2) is 0 Å². The van der Waals surface area contributed by atoms with Gasteiger partial charge in [-0.25, -0.2) is 8.78 Å². The molecule has 1 aliphatic rings. The van der Waals surface area contributed by atoms with Crippen molar-refractivity contribution in [1.82, 2.24) is 15.5 Å². The number of benzene rings is 2. The molecule has 4 nitrogen and oxygen atoms in total. The summed E-state index contributed by atoms with van der Waals surface area (Å²) in [7, 11) is 1.62. The van der Waals surface area contributed by atoms with Crippen LogP contribution in [0.2, 0.25) is 5.02 Å². The smallest absolute Gasteiger partial charge is 0.237 e. The molecule has 2 N–H and O–H groups in total. The van der Waals surface area contributed by atoms with Crippen molar-refractivity contribution in [3.63, 3.8) is 0 Å². The Bertz CT molecular complexity index is 800. The summed E-state index contributed by atoms with van der Waals surface area (Å²) < 4.78 is 27.1. The Kier molecular flexibility index (Phi) is 6.42. The van der Waals surface area contributed by atoms with E-state index in [1.165, 1.54) is 6.07 Å². The maximum absolute atomic E-state index is 13.8. The Morgan fingerprint density at radius 2 is 1.96 bits per heavy atom. The zero-order chi connectivity index (χ0) is 19.4. The zero-order valence-corrected chi connectivity index (χ0v) is 15.8. The lowest BCUT2D eigenvalue weighted by molar-refractivity contribution is -0.125. The maximum Gasteiger partial charge on any atom is 0.237 e. The first-order chi connectivity index (χ1) is 13.0. The first-order valence-electron chi connectivity index (χ1n) is 8.83. The normalized spacial score (nSPS) is 20.0. The van der Waals surface area contributed by atoms with Gasteiger partial charge in [-0.2, -0.15) is 0 Å². The summed E-state index contributed by atoms with van der Waals surface area (Å²) in [6.07, 6.45) is 0.601. The van der Waals surface area contributed by atoms with E-state index in [1.807, 2.05) is 24.3 Å². The molecular formula is C20H22ClF2N3O. The SMILES string of the molecule is CNC(=O)[C@@H]1C[C@H](NCc2cc(F)ccc2F)CN1Cc1ccc(Cl)cc1. The highest BCUT2D eigenvalue weighted by Gasteiger charge is 2.36. The van der Waals surface area contributed by atoms with E-state index in [2.05, 4.69) is 15.5 Å². The van der Waals surface area contributed by atoms with Crippen LogP contribution in [0, 0.1) is 11.6 Å². The molecule has 1 saturated heterocycles. The van der Waals surface area contributed by atoms with Gasteiger partial charge in [0.25, 0.3) is 0 Å². The van der Waals surface area contributed by atoms with Crippen molar-refractivity contribution in [3.8, 4) is 0 Å². The lowest BCUT2D eigenvalue weighted by atomic mass is 10.1. The minimum absolute atomic E-state index is 0.00210. The molecule has 1 fully saturated rings. The van der Waals surface area contributed by atoms with Crippen molar-refractivity contribution < 1.29 is 13.6 Å². The molecule has 0 bridgehead atoms. The van der Waals surface area contributed by atoms with Crippen LogP contribution in [0.4, 0.5) is 8.78 Å². The van der Waals surface area contributed by atoms with Gasteiger partial charge in [-0.3, -0.25) is 9.69 Å². The number of rotatable bonds is 6. The molecule has 1 amide bonds. The minimum atomic E-state index is -0.466. The number of carbonyl (C=O) groups is 1. The van der Waals surface area contributed by atoms with Crippen LogP contribution in [-0.2, 0) is 17.9 Å². The Balaban J connectivity index is 1.66. The van der Waals surface area contributed by atoms with Gasteiger partial charge in [0, 0.05) is 43.3 Å². The summed E-state index contributed by atoms with van der Waals surface area (Å²) in [5, 5.41) is 6.62. The molecule has 0 unspecified atom stereocenters. The lowest BCUT2D eigenvalue weighted by Gasteiger charge is -2.23. The van der Waals surface area contributed by atoms with Crippen molar-refractivity contribution in [3.05, 3.63) is 70.2 Å². The molecule has 3 rings (SSSR count). The highest BCUT2D eigenvalue weighted by molar-refractivity contribution is 6.30. The molecule has 1 aliphatic heterocycles. The number of likely N-dealkylation sites (tertiary alicyclic amines) is 1. The fraction of sp³-hybridized carbons (Fsp3) is 0.350. The molecule has 1 heterocycles. The van der Waals surface area contributed by atoms with Gasteiger partial charge in [-0.05, 0) is 42.3 Å². The topological polar surface area (TPSA) is 44.4 Å². The van der Waals surface area contributed by atoms with Gasteiger partial charge in [-0.1, -0.05) is 23.7 Å². The van der Waals surface area contributed by atoms with Crippen LogP contribution >= 0.6 is 11.6 Å². The third-order valence-electron chi connectivity index (χ3n) is 4.84. The molecule has 0 saturated carbocycles. The molecule has 0 spiro atoms. The van der Waals surface area contributed by atoms with Gasteiger partial charge >= 0.3 is 0 Å². The lowest BCUT2D eigenvalue weighted by Crippen LogP contribution is -2.41. The second-order valence-electron chi connectivity index (χ2n) is 6.74. The molecule has 7 heteroatoms. The van der Waals surface area contributed by atoms with E-state index in [9.17, 15) is 13.6 Å². The largest absolute Gasteiger partial charge is 0.358 e. The van der Waals surface area contributed by atoms with E-state index in [0.29, 0.717) is 24.5 Å². The Labute approximate surface area is 162 Å². The highest BCUT2D eigenvalue weighted by Crippen LogP contribution is 2.22. The number of nitrogens with zero attached hydrogens (tertiary/aromatic N) is 1. The summed E-state index contributed by atoms with van der Waals surface area (Å²) in [5.74, 6) is -0.958. The van der Waals surface area contributed by atoms with Gasteiger partial charge < -0.3 is 10.6 Å². The molecule has 144 valence electrons. The van der Waals surface area contributed by atoms with Crippen molar-refractivity contribution >= 4 is 17.5 Å². The van der Waals surface area contributed by atoms with Crippen LogP contribution in [0.25, 0.3) is 0 Å². The van der Waals surface area contributed by atoms with E-state index >= 15 is 0 Å². The Morgan fingerprint density at radius 1 is 1.22 bits per heavy atom. The average Bonchev–Trinajstić information content (AvgIpc) is 3.06. The van der Waals surface area contributed by atoms with Crippen molar-refractivity contribution in [1.29, 1.82) is 0 Å². The summed E-state index contributed by atoms with van der Waals surface area (Å²) in [6, 6.07) is 10.7. The van der Waals surface area contributed by atoms with Crippen LogP contribution in [0.15, 0.2) is 42.5 Å². The second kappa shape index (κ2) is 8.78. The fourth-order valence-electron chi connectivity index (χ4n) is 3.42. The second-order valence-corrected chi connectivity index (χ2v) is 7.17. The summed E-state index contributed by atoms with van der Waals surface area (Å²) >= 11 is 5.93. The third kappa shape index (κ3) is 5.03. The van der Waals surface area contributed by atoms with Crippen LogP contribution < -0.4 is 10.6 Å². The maximum atomic E-state index is 13.8. The first kappa shape index (κ1) is 19.7. The van der Waals surface area contributed by atoms with Crippen molar-refractivity contribution in [2.24, 2.45) is 0 Å². The highest BCUT2D eigenvalue weighted by atomic mass is 35.5. The number of likely N-dealkylation sites (N-methyl/N-ethyl adjacent to an activating group) is 1. The summed E-state index contributed by atoms with van der Waals surface area (Å²) in [6.45, 7) is 1.46. The summed E-state index contributed by atoms with van der Waals surface area (Å²) in [5.41, 5.74) is 1.34. The number of amides is 1. The number of halogens is 3. The number of carbonyl (C=O) groups excluding carboxylic acids is 1. The van der Waals surface area contributed by atoms with Crippen LogP contribution in [-0.4, -0.2) is 36.5 Å². The molecule has 0 radical (unpaired) electrons. The average molecular weight is 394 g/mol. The first-order valence-corrected chi connectivity index (χ1v) is 9.21. The summed E-state index contributed by atoms with van der Waals surface area (Å²) in [4.78, 5) is 14.4. The molecule has 0 aliphatic carbocycles. The van der Waals surface area contributed by atoms with Crippen LogP contribution in [0.5, 0.6) is 0 Å². The van der Waals surface area contributed by atoms with Crippen molar-refractivity contribution in [2.75, 3.05) is 13.6 Å². The van der Waals surface area contributed by atoms with Gasteiger partial charge in [0.2, 0.25) is 5.91 Å². The van der Waals surface area contributed by atoms with Gasteiger partial charge in [0.1, 0.15) is 11.6 Å². The monoisotopic (exact) mass is 393 g/mol. The zero-order valence-electron chi connectivity index (χ0n) is 15.0. The van der Waals surface area contributed by atoms with Crippen LogP contribution in [0.1, 0.15) is 17.5 Å². The van der Waals surface area contributed by atoms with Crippen molar-refractivity contribution in [2.45, 2.75) is 31.6 Å². The van der Waals surface area contributed by atoms with Gasteiger partial charge in [0.05, 0.1) is 6.04 Å². The molecule has 0 aromatic heterocycles. The van der Waals surface area contributed by atoms with E-state index in [1.54, 1.807) is 7.05 Å². The van der Waals surface area contributed by atoms with Crippen LogP contribution in [0.3, 0.4) is 0 Å². The fourth-order valence-corrected chi connectivity index (χ4v) is 3.55. The van der Waals surface area contributed by atoms with E-state index in [4.69, 9.17) is 11.6 Å². The molecule has 2 aromatic carbocycles. The molecule has 2 atom stereocenters. The van der Waals surface area contributed by atoms with E-state index < -0.39 is 11.6 Å². The van der Waals surface area contributed by atoms with E-state index in [-0.39, 0.29) is 30.1 Å². The number of nitrogens with one attached hydrogen (secondary N) is 2.